The number of nitrogens with one attached hydrogen (secondary N) is 1. The van der Waals surface area contributed by atoms with E-state index in [9.17, 15) is 24.2 Å². The maximum absolute atomic E-state index is 13.5. The Bertz CT molecular complexity index is 1260. The van der Waals surface area contributed by atoms with Crippen molar-refractivity contribution in [3.05, 3.63) is 52.3 Å². The molecule has 194 valence electrons. The molecule has 3 heterocycles. The molecule has 4 rings (SSSR count). The summed E-state index contributed by atoms with van der Waals surface area (Å²) in [5.74, 6) is -2.32. The molecule has 37 heavy (non-hydrogen) atoms. The number of likely N-dealkylation sites (N-methyl/N-ethyl adjacent to an activating group) is 1. The van der Waals surface area contributed by atoms with Crippen molar-refractivity contribution >= 4 is 48.0 Å². The van der Waals surface area contributed by atoms with Gasteiger partial charge < -0.3 is 25.6 Å². The summed E-state index contributed by atoms with van der Waals surface area (Å²) < 4.78 is 5.69. The number of amides is 4. The maximum atomic E-state index is 13.5. The van der Waals surface area contributed by atoms with E-state index in [0.29, 0.717) is 18.7 Å². The van der Waals surface area contributed by atoms with E-state index in [4.69, 9.17) is 22.0 Å². The number of hydrogen-bond donors (Lipinski definition) is 3. The smallest absolute Gasteiger partial charge is 0.526 e. The molecule has 13 heteroatoms. The minimum absolute atomic E-state index is 0.0284. The minimum Gasteiger partial charge on any atom is -0.536 e. The number of nitrogens with two attached hydrogens (primary N) is 1. The van der Waals surface area contributed by atoms with E-state index in [1.54, 1.807) is 6.92 Å². The molecule has 1 unspecified atom stereocenters. The number of anilines is 1. The molecule has 2 aliphatic rings. The fraction of sp³-hybridized carbons (Fsp3) is 0.375. The number of aryl methyl sites for hydroxylation is 1. The van der Waals surface area contributed by atoms with Gasteiger partial charge in [-0.25, -0.2) is 4.79 Å². The predicted molar refractivity (Wildman–Crippen MR) is 136 cm³/mol. The quantitative estimate of drug-likeness (QED) is 0.377. The molecule has 2 atom stereocenters. The standard InChI is InChI=1S/C24H27BClN5O6/c1-3-30-7-8-31(23(34)22(30)33)24(35)29-20(19-17(26)11-16(27)12-28-19)18(32)10-15-9-14-6-4-5-13(2)21(14)37-25(15)36/h4-6,11-12,15,20,36H,3,7-10,27H2,1-2H3,(H,29,35)/t15-,20?/m1/s1. The Morgan fingerprint density at radius 3 is 2.78 bits per heavy atom. The number of para-hydroxylation sites is 1. The first-order valence-electron chi connectivity index (χ1n) is 11.9. The summed E-state index contributed by atoms with van der Waals surface area (Å²) in [6.45, 7) is 4.08. The number of ketones is 1. The lowest BCUT2D eigenvalue weighted by molar-refractivity contribution is -0.153. The summed E-state index contributed by atoms with van der Waals surface area (Å²) in [5.41, 5.74) is 7.75. The number of imide groups is 1. The van der Waals surface area contributed by atoms with Crippen molar-refractivity contribution in [1.29, 1.82) is 0 Å². The Balaban J connectivity index is 1.57. The van der Waals surface area contributed by atoms with E-state index in [2.05, 4.69) is 10.3 Å². The first-order chi connectivity index (χ1) is 17.6. The van der Waals surface area contributed by atoms with Crippen LogP contribution in [0.5, 0.6) is 5.75 Å². The van der Waals surface area contributed by atoms with Crippen LogP contribution in [0.25, 0.3) is 0 Å². The summed E-state index contributed by atoms with van der Waals surface area (Å²) >= 11 is 6.32. The monoisotopic (exact) mass is 527 g/mol. The van der Waals surface area contributed by atoms with Crippen molar-refractivity contribution in [1.82, 2.24) is 20.1 Å². The molecule has 0 saturated carbocycles. The van der Waals surface area contributed by atoms with Gasteiger partial charge in [0.05, 0.1) is 22.6 Å². The zero-order valence-corrected chi connectivity index (χ0v) is 21.2. The molecule has 4 N–H and O–H groups in total. The lowest BCUT2D eigenvalue weighted by Gasteiger charge is -2.33. The number of fused-ring (bicyclic) bond motifs is 1. The molecule has 0 radical (unpaired) electrons. The van der Waals surface area contributed by atoms with Crippen molar-refractivity contribution in [3.63, 3.8) is 0 Å². The van der Waals surface area contributed by atoms with Crippen molar-refractivity contribution < 1.29 is 28.9 Å². The number of halogens is 1. The van der Waals surface area contributed by atoms with Gasteiger partial charge in [0.25, 0.3) is 0 Å². The highest BCUT2D eigenvalue weighted by atomic mass is 35.5. The number of nitrogens with zero attached hydrogens (tertiary/aromatic N) is 3. The maximum Gasteiger partial charge on any atom is 0.526 e. The van der Waals surface area contributed by atoms with Crippen LogP contribution in [-0.4, -0.2) is 70.2 Å². The first kappa shape index (κ1) is 26.4. The average molecular weight is 528 g/mol. The van der Waals surface area contributed by atoms with Crippen molar-refractivity contribution in [3.8, 4) is 5.75 Å². The predicted octanol–water partition coefficient (Wildman–Crippen LogP) is 1.51. The number of piperazine rings is 1. The number of aromatic nitrogens is 1. The summed E-state index contributed by atoms with van der Waals surface area (Å²) in [6.07, 6.45) is 1.48. The van der Waals surface area contributed by atoms with Crippen LogP contribution in [0, 0.1) is 6.92 Å². The van der Waals surface area contributed by atoms with E-state index >= 15 is 0 Å². The second-order valence-electron chi connectivity index (χ2n) is 9.07. The van der Waals surface area contributed by atoms with Crippen molar-refractivity contribution in [2.75, 3.05) is 25.4 Å². The Morgan fingerprint density at radius 2 is 2.08 bits per heavy atom. The molecule has 0 spiro atoms. The van der Waals surface area contributed by atoms with Crippen LogP contribution >= 0.6 is 11.6 Å². The second kappa shape index (κ2) is 10.8. The molecule has 4 amide bonds. The lowest BCUT2D eigenvalue weighted by atomic mass is 9.64. The van der Waals surface area contributed by atoms with Crippen LogP contribution in [0.3, 0.4) is 0 Å². The van der Waals surface area contributed by atoms with Gasteiger partial charge in [-0.05, 0) is 37.5 Å². The zero-order chi connectivity index (χ0) is 26.9. The molecule has 2 aliphatic heterocycles. The van der Waals surface area contributed by atoms with E-state index in [-0.39, 0.29) is 35.9 Å². The first-order valence-corrected chi connectivity index (χ1v) is 12.3. The highest BCUT2D eigenvalue weighted by Crippen LogP contribution is 2.37. The topological polar surface area (TPSA) is 155 Å². The van der Waals surface area contributed by atoms with Gasteiger partial charge in [0.15, 0.2) is 5.78 Å². The summed E-state index contributed by atoms with van der Waals surface area (Å²) in [6, 6.07) is 4.70. The number of nitrogen functional groups attached to an aromatic ring is 1. The largest absolute Gasteiger partial charge is 0.536 e. The van der Waals surface area contributed by atoms with Crippen LogP contribution in [-0.2, 0) is 20.8 Å². The summed E-state index contributed by atoms with van der Waals surface area (Å²) in [5, 5.41) is 13.2. The number of Topliss-reactive ketones (excluding diaryl/α,β-unsaturated/α-hetero) is 1. The normalized spacial score (nSPS) is 18.3. The molecular formula is C24H27BClN5O6. The minimum atomic E-state index is -1.36. The Hall–Kier alpha value is -3.64. The SMILES string of the molecule is CCN1CCN(C(=O)NC(C(=O)C[C@H]2Cc3cccc(C)c3OB2O)c2ncc(N)cc2Cl)C(=O)C1=O. The number of rotatable bonds is 6. The molecule has 1 aromatic heterocycles. The van der Waals surface area contributed by atoms with Crippen LogP contribution in [0.15, 0.2) is 30.5 Å². The second-order valence-corrected chi connectivity index (χ2v) is 9.47. The van der Waals surface area contributed by atoms with Crippen LogP contribution < -0.4 is 15.7 Å². The highest BCUT2D eigenvalue weighted by molar-refractivity contribution is 6.47. The fourth-order valence-electron chi connectivity index (χ4n) is 4.54. The van der Waals surface area contributed by atoms with E-state index in [0.717, 1.165) is 16.0 Å². The number of benzene rings is 1. The van der Waals surface area contributed by atoms with Crippen LogP contribution in [0.2, 0.25) is 10.8 Å². The fourth-order valence-corrected chi connectivity index (χ4v) is 4.82. The van der Waals surface area contributed by atoms with Gasteiger partial charge in [-0.3, -0.25) is 24.3 Å². The molecule has 1 fully saturated rings. The molecular weight excluding hydrogens is 501 g/mol. The number of carbonyl (C=O) groups excluding carboxylic acids is 4. The number of hydrogen-bond acceptors (Lipinski definition) is 8. The van der Waals surface area contributed by atoms with E-state index in [1.807, 2.05) is 25.1 Å². The third kappa shape index (κ3) is 5.40. The molecule has 2 aromatic rings. The molecule has 1 saturated heterocycles. The number of urea groups is 1. The molecule has 0 bridgehead atoms. The van der Waals surface area contributed by atoms with Gasteiger partial charge in [0.1, 0.15) is 11.8 Å². The van der Waals surface area contributed by atoms with Gasteiger partial charge in [0, 0.05) is 31.9 Å². The van der Waals surface area contributed by atoms with Gasteiger partial charge in [-0.2, -0.15) is 0 Å². The van der Waals surface area contributed by atoms with E-state index in [1.165, 1.54) is 17.2 Å². The lowest BCUT2D eigenvalue weighted by Crippen LogP contribution is -2.58. The van der Waals surface area contributed by atoms with Gasteiger partial charge in [-0.1, -0.05) is 29.8 Å². The van der Waals surface area contributed by atoms with Gasteiger partial charge in [-0.15, -0.1) is 0 Å². The molecule has 1 aromatic carbocycles. The van der Waals surface area contributed by atoms with E-state index < -0.39 is 42.6 Å². The van der Waals surface area contributed by atoms with Gasteiger partial charge in [0.2, 0.25) is 0 Å². The highest BCUT2D eigenvalue weighted by Gasteiger charge is 2.41. The Kier molecular flexibility index (Phi) is 7.69. The summed E-state index contributed by atoms with van der Waals surface area (Å²) in [7, 11) is -1.25. The average Bonchev–Trinajstić information content (AvgIpc) is 2.85. The summed E-state index contributed by atoms with van der Waals surface area (Å²) in [4.78, 5) is 57.7. The third-order valence-corrected chi connectivity index (χ3v) is 6.87. The number of carbonyl (C=O) groups is 4. The molecule has 0 aliphatic carbocycles. The van der Waals surface area contributed by atoms with Crippen LogP contribution in [0.1, 0.15) is 36.2 Å². The third-order valence-electron chi connectivity index (χ3n) is 6.57. The van der Waals surface area contributed by atoms with Crippen molar-refractivity contribution in [2.24, 2.45) is 0 Å². The zero-order valence-electron chi connectivity index (χ0n) is 20.4. The van der Waals surface area contributed by atoms with Crippen molar-refractivity contribution in [2.45, 2.75) is 38.5 Å². The Labute approximate surface area is 219 Å². The van der Waals surface area contributed by atoms with Crippen LogP contribution in [0.4, 0.5) is 10.5 Å². The Morgan fingerprint density at radius 1 is 1.32 bits per heavy atom. The number of pyridine rings is 1. The molecule has 11 nitrogen and oxygen atoms in total. The van der Waals surface area contributed by atoms with Gasteiger partial charge >= 0.3 is 25.0 Å².